The Kier molecular flexibility index (Phi) is 2.31. The summed E-state index contributed by atoms with van der Waals surface area (Å²) < 4.78 is 4.76. The minimum Gasteiger partial charge on any atom is -0.468 e. The van der Waals surface area contributed by atoms with Crippen molar-refractivity contribution in [1.82, 2.24) is 4.90 Å². The van der Waals surface area contributed by atoms with Gasteiger partial charge in [-0.2, -0.15) is 0 Å². The van der Waals surface area contributed by atoms with Crippen molar-refractivity contribution < 1.29 is 14.3 Å². The van der Waals surface area contributed by atoms with Crippen LogP contribution in [0.15, 0.2) is 0 Å². The van der Waals surface area contributed by atoms with Crippen molar-refractivity contribution in [2.24, 2.45) is 11.8 Å². The number of ketones is 1. The molecule has 0 bridgehead atoms. The summed E-state index contributed by atoms with van der Waals surface area (Å²) in [4.78, 5) is 24.8. The molecule has 1 saturated heterocycles. The Morgan fingerprint density at radius 1 is 1.50 bits per heavy atom. The molecule has 0 aromatic rings. The van der Waals surface area contributed by atoms with E-state index >= 15 is 0 Å². The molecule has 4 nitrogen and oxygen atoms in total. The monoisotopic (exact) mass is 197 g/mol. The molecule has 14 heavy (non-hydrogen) atoms. The van der Waals surface area contributed by atoms with Crippen LogP contribution in [0.5, 0.6) is 0 Å². The van der Waals surface area contributed by atoms with E-state index in [4.69, 9.17) is 4.74 Å². The Bertz CT molecular complexity index is 277. The largest absolute Gasteiger partial charge is 0.468 e. The van der Waals surface area contributed by atoms with Gasteiger partial charge in [-0.1, -0.05) is 0 Å². The first-order valence-electron chi connectivity index (χ1n) is 4.93. The summed E-state index contributed by atoms with van der Waals surface area (Å²) in [5.41, 5.74) is 0. The third-order valence-corrected chi connectivity index (χ3v) is 3.40. The predicted octanol–water partition coefficient (Wildman–Crippen LogP) is 0.0687. The molecule has 1 heterocycles. The highest BCUT2D eigenvalue weighted by atomic mass is 16.5. The van der Waals surface area contributed by atoms with Gasteiger partial charge in [0, 0.05) is 19.4 Å². The van der Waals surface area contributed by atoms with Gasteiger partial charge in [0.15, 0.2) is 0 Å². The molecule has 0 aromatic carbocycles. The average Bonchev–Trinajstić information content (AvgIpc) is 2.58. The molecule has 1 saturated carbocycles. The third kappa shape index (κ3) is 1.34. The summed E-state index contributed by atoms with van der Waals surface area (Å²) in [6.07, 6.45) is 1.19. The number of Topliss-reactive ketones (excluding diaryl/α,β-unsaturated/α-hetero) is 1. The zero-order valence-corrected chi connectivity index (χ0v) is 8.53. The molecular formula is C10H15NO3. The fourth-order valence-corrected chi connectivity index (χ4v) is 2.81. The SMILES string of the molecule is COC(=O)[C@@H]1[C@@H]2CC(=O)C[C@@H]2CN1C. The Labute approximate surface area is 83.2 Å². The molecule has 2 rings (SSSR count). The lowest BCUT2D eigenvalue weighted by Gasteiger charge is -2.20. The van der Waals surface area contributed by atoms with Crippen molar-refractivity contribution in [2.75, 3.05) is 20.7 Å². The molecule has 3 atom stereocenters. The van der Waals surface area contributed by atoms with Crippen LogP contribution in [0.25, 0.3) is 0 Å². The number of likely N-dealkylation sites (N-methyl/N-ethyl adjacent to an activating group) is 1. The van der Waals surface area contributed by atoms with Gasteiger partial charge in [-0.15, -0.1) is 0 Å². The van der Waals surface area contributed by atoms with Crippen molar-refractivity contribution >= 4 is 11.8 Å². The highest BCUT2D eigenvalue weighted by Crippen LogP contribution is 2.39. The van der Waals surface area contributed by atoms with Crippen LogP contribution in [0.3, 0.4) is 0 Å². The molecular weight excluding hydrogens is 182 g/mol. The summed E-state index contributed by atoms with van der Waals surface area (Å²) in [5.74, 6) is 0.660. The van der Waals surface area contributed by atoms with Gasteiger partial charge in [-0.25, -0.2) is 0 Å². The average molecular weight is 197 g/mol. The quantitative estimate of drug-likeness (QED) is 0.558. The van der Waals surface area contributed by atoms with Crippen molar-refractivity contribution in [3.05, 3.63) is 0 Å². The maximum atomic E-state index is 11.5. The van der Waals surface area contributed by atoms with Crippen LogP contribution in [0, 0.1) is 11.8 Å². The molecule has 0 N–H and O–H groups in total. The van der Waals surface area contributed by atoms with E-state index in [1.807, 2.05) is 11.9 Å². The molecule has 1 aliphatic heterocycles. The standard InChI is InChI=1S/C10H15NO3/c1-11-5-6-3-7(12)4-8(6)9(11)10(13)14-2/h6,8-9H,3-5H2,1-2H3/t6-,8-,9+/m1/s1. The maximum Gasteiger partial charge on any atom is 0.323 e. The summed E-state index contributed by atoms with van der Waals surface area (Å²) in [6, 6.07) is -0.198. The van der Waals surface area contributed by atoms with Gasteiger partial charge in [0.1, 0.15) is 11.8 Å². The number of hydrogen-bond donors (Lipinski definition) is 0. The number of methoxy groups -OCH3 is 1. The van der Waals surface area contributed by atoms with Gasteiger partial charge >= 0.3 is 5.97 Å². The number of nitrogens with zero attached hydrogens (tertiary/aromatic N) is 1. The van der Waals surface area contributed by atoms with Gasteiger partial charge in [-0.05, 0) is 18.9 Å². The zero-order valence-electron chi connectivity index (χ0n) is 8.53. The van der Waals surface area contributed by atoms with E-state index in [0.29, 0.717) is 24.5 Å². The molecule has 0 amide bonds. The van der Waals surface area contributed by atoms with E-state index in [2.05, 4.69) is 0 Å². The number of fused-ring (bicyclic) bond motifs is 1. The van der Waals surface area contributed by atoms with Gasteiger partial charge in [0.25, 0.3) is 0 Å². The molecule has 78 valence electrons. The highest BCUT2D eigenvalue weighted by Gasteiger charge is 2.49. The molecule has 0 unspecified atom stereocenters. The number of ether oxygens (including phenoxy) is 1. The van der Waals surface area contributed by atoms with Gasteiger partial charge in [0.05, 0.1) is 7.11 Å². The van der Waals surface area contributed by atoms with Crippen LogP contribution in [-0.4, -0.2) is 43.4 Å². The topological polar surface area (TPSA) is 46.6 Å². The number of esters is 1. The van der Waals surface area contributed by atoms with Crippen molar-refractivity contribution in [2.45, 2.75) is 18.9 Å². The molecule has 4 heteroatoms. The first kappa shape index (κ1) is 9.65. The molecule has 1 aliphatic carbocycles. The maximum absolute atomic E-state index is 11.5. The first-order chi connectivity index (χ1) is 6.63. The molecule has 0 aromatic heterocycles. The van der Waals surface area contributed by atoms with Crippen molar-refractivity contribution in [3.63, 3.8) is 0 Å². The van der Waals surface area contributed by atoms with Crippen molar-refractivity contribution in [1.29, 1.82) is 0 Å². The van der Waals surface area contributed by atoms with E-state index in [9.17, 15) is 9.59 Å². The van der Waals surface area contributed by atoms with E-state index in [1.54, 1.807) is 0 Å². The zero-order chi connectivity index (χ0) is 10.3. The minimum absolute atomic E-state index is 0.194. The summed E-state index contributed by atoms with van der Waals surface area (Å²) in [6.45, 7) is 0.843. The van der Waals surface area contributed by atoms with Gasteiger partial charge in [0.2, 0.25) is 0 Å². The smallest absolute Gasteiger partial charge is 0.323 e. The van der Waals surface area contributed by atoms with Gasteiger partial charge < -0.3 is 4.74 Å². The van der Waals surface area contributed by atoms with Gasteiger partial charge in [-0.3, -0.25) is 14.5 Å². The Morgan fingerprint density at radius 3 is 2.86 bits per heavy atom. The van der Waals surface area contributed by atoms with Crippen LogP contribution in [-0.2, 0) is 14.3 Å². The fourth-order valence-electron chi connectivity index (χ4n) is 2.81. The second-order valence-corrected chi connectivity index (χ2v) is 4.28. The second-order valence-electron chi connectivity index (χ2n) is 4.28. The number of likely N-dealkylation sites (tertiary alicyclic amines) is 1. The summed E-state index contributed by atoms with van der Waals surface area (Å²) >= 11 is 0. The highest BCUT2D eigenvalue weighted by molar-refractivity contribution is 5.84. The van der Waals surface area contributed by atoms with Crippen LogP contribution in [0.2, 0.25) is 0 Å². The minimum atomic E-state index is -0.199. The molecule has 0 spiro atoms. The van der Waals surface area contributed by atoms with Crippen molar-refractivity contribution in [3.8, 4) is 0 Å². The number of carbonyl (C=O) groups is 2. The van der Waals surface area contributed by atoms with Crippen LogP contribution >= 0.6 is 0 Å². The molecule has 2 fully saturated rings. The lowest BCUT2D eigenvalue weighted by Crippen LogP contribution is -2.38. The normalized spacial score (nSPS) is 37.3. The Morgan fingerprint density at radius 2 is 2.21 bits per heavy atom. The third-order valence-electron chi connectivity index (χ3n) is 3.40. The van der Waals surface area contributed by atoms with E-state index in [-0.39, 0.29) is 17.9 Å². The summed E-state index contributed by atoms with van der Waals surface area (Å²) in [5, 5.41) is 0. The van der Waals surface area contributed by atoms with E-state index in [1.165, 1.54) is 7.11 Å². The predicted molar refractivity (Wildman–Crippen MR) is 49.7 cm³/mol. The Balaban J connectivity index is 2.16. The lowest BCUT2D eigenvalue weighted by atomic mass is 9.94. The van der Waals surface area contributed by atoms with Crippen LogP contribution in [0.4, 0.5) is 0 Å². The fraction of sp³-hybridized carbons (Fsp3) is 0.800. The van der Waals surface area contributed by atoms with E-state index in [0.717, 1.165) is 6.54 Å². The van der Waals surface area contributed by atoms with Crippen LogP contribution < -0.4 is 0 Å². The number of rotatable bonds is 1. The summed E-state index contributed by atoms with van der Waals surface area (Å²) in [7, 11) is 3.32. The Hall–Kier alpha value is -0.900. The van der Waals surface area contributed by atoms with E-state index < -0.39 is 0 Å². The molecule has 2 aliphatic rings. The second kappa shape index (κ2) is 3.35. The number of hydrogen-bond acceptors (Lipinski definition) is 4. The molecule has 0 radical (unpaired) electrons. The van der Waals surface area contributed by atoms with Crippen LogP contribution in [0.1, 0.15) is 12.8 Å². The number of carbonyl (C=O) groups excluding carboxylic acids is 2. The lowest BCUT2D eigenvalue weighted by molar-refractivity contribution is -0.146. The first-order valence-corrected chi connectivity index (χ1v) is 4.93.